The molecule has 0 radical (unpaired) electrons. The third-order valence-corrected chi connectivity index (χ3v) is 3.92. The molecule has 2 unspecified atom stereocenters. The highest BCUT2D eigenvalue weighted by Gasteiger charge is 2.22. The second-order valence-corrected chi connectivity index (χ2v) is 5.54. The summed E-state index contributed by atoms with van der Waals surface area (Å²) in [6.07, 6.45) is 0.543. The molecule has 0 amide bonds. The number of rotatable bonds is 2. The summed E-state index contributed by atoms with van der Waals surface area (Å²) >= 11 is 9.66. The number of morpholine rings is 1. The largest absolute Gasteiger partial charge is 0.372 e. The van der Waals surface area contributed by atoms with Gasteiger partial charge in [-0.05, 0) is 31.5 Å². The SMILES string of the molecule is CC1CN(c2ccc(CBr)c(Cl)c2)CC(C)O1. The Morgan fingerprint density at radius 2 is 2.00 bits per heavy atom. The van der Waals surface area contributed by atoms with E-state index < -0.39 is 0 Å². The molecule has 1 aliphatic heterocycles. The van der Waals surface area contributed by atoms with Gasteiger partial charge < -0.3 is 9.64 Å². The lowest BCUT2D eigenvalue weighted by Crippen LogP contribution is -2.45. The minimum absolute atomic E-state index is 0.272. The molecule has 0 bridgehead atoms. The minimum Gasteiger partial charge on any atom is -0.372 e. The number of anilines is 1. The second-order valence-electron chi connectivity index (χ2n) is 4.57. The molecule has 1 aromatic carbocycles. The van der Waals surface area contributed by atoms with Gasteiger partial charge in [-0.2, -0.15) is 0 Å². The molecule has 1 fully saturated rings. The molecule has 1 saturated heterocycles. The van der Waals surface area contributed by atoms with Gasteiger partial charge in [0.2, 0.25) is 0 Å². The van der Waals surface area contributed by atoms with Crippen LogP contribution < -0.4 is 4.90 Å². The summed E-state index contributed by atoms with van der Waals surface area (Å²) < 4.78 is 5.73. The van der Waals surface area contributed by atoms with Crippen LogP contribution in [0.4, 0.5) is 5.69 Å². The molecule has 2 nitrogen and oxygen atoms in total. The van der Waals surface area contributed by atoms with Crippen molar-refractivity contribution in [1.82, 2.24) is 0 Å². The summed E-state index contributed by atoms with van der Waals surface area (Å²) in [4.78, 5) is 2.34. The van der Waals surface area contributed by atoms with Crippen LogP contribution in [0, 0.1) is 0 Å². The van der Waals surface area contributed by atoms with Gasteiger partial charge in [0.05, 0.1) is 12.2 Å². The van der Waals surface area contributed by atoms with E-state index in [4.69, 9.17) is 16.3 Å². The predicted molar refractivity (Wildman–Crippen MR) is 76.3 cm³/mol. The third-order valence-electron chi connectivity index (χ3n) is 2.97. The van der Waals surface area contributed by atoms with E-state index in [9.17, 15) is 0 Å². The highest BCUT2D eigenvalue weighted by atomic mass is 79.9. The Hall–Kier alpha value is -0.250. The third kappa shape index (κ3) is 3.15. The van der Waals surface area contributed by atoms with Crippen LogP contribution in [-0.2, 0) is 10.1 Å². The molecule has 0 aliphatic carbocycles. The Balaban J connectivity index is 2.19. The van der Waals surface area contributed by atoms with Crippen molar-refractivity contribution in [2.24, 2.45) is 0 Å². The van der Waals surface area contributed by atoms with Crippen LogP contribution in [0.15, 0.2) is 18.2 Å². The second kappa shape index (κ2) is 5.59. The van der Waals surface area contributed by atoms with Crippen molar-refractivity contribution in [3.63, 3.8) is 0 Å². The molecule has 1 heterocycles. The number of benzene rings is 1. The molecule has 4 heteroatoms. The summed E-state index contributed by atoms with van der Waals surface area (Å²) in [5, 5.41) is 1.62. The minimum atomic E-state index is 0.272. The van der Waals surface area contributed by atoms with E-state index in [2.05, 4.69) is 46.8 Å². The van der Waals surface area contributed by atoms with Crippen molar-refractivity contribution in [3.8, 4) is 0 Å². The first kappa shape index (κ1) is 13.2. The predicted octanol–water partition coefficient (Wildman–Crippen LogP) is 3.85. The van der Waals surface area contributed by atoms with Gasteiger partial charge in [-0.15, -0.1) is 0 Å². The summed E-state index contributed by atoms with van der Waals surface area (Å²) in [5.41, 5.74) is 2.31. The normalized spacial score (nSPS) is 25.1. The monoisotopic (exact) mass is 317 g/mol. The van der Waals surface area contributed by atoms with E-state index in [1.807, 2.05) is 6.07 Å². The molecule has 94 valence electrons. The number of ether oxygens (including phenoxy) is 1. The maximum atomic E-state index is 6.23. The van der Waals surface area contributed by atoms with Crippen molar-refractivity contribution >= 4 is 33.2 Å². The van der Waals surface area contributed by atoms with Crippen LogP contribution in [0.25, 0.3) is 0 Å². The van der Waals surface area contributed by atoms with E-state index in [0.717, 1.165) is 29.0 Å². The van der Waals surface area contributed by atoms with Crippen molar-refractivity contribution in [3.05, 3.63) is 28.8 Å². The van der Waals surface area contributed by atoms with Crippen LogP contribution in [0.2, 0.25) is 5.02 Å². The van der Waals surface area contributed by atoms with E-state index in [0.29, 0.717) is 0 Å². The van der Waals surface area contributed by atoms with Crippen LogP contribution in [0.3, 0.4) is 0 Å². The van der Waals surface area contributed by atoms with E-state index in [1.54, 1.807) is 0 Å². The van der Waals surface area contributed by atoms with E-state index >= 15 is 0 Å². The first-order valence-electron chi connectivity index (χ1n) is 5.85. The van der Waals surface area contributed by atoms with Gasteiger partial charge in [-0.3, -0.25) is 0 Å². The maximum Gasteiger partial charge on any atom is 0.0726 e. The molecular weight excluding hydrogens is 302 g/mol. The fourth-order valence-electron chi connectivity index (χ4n) is 2.23. The highest BCUT2D eigenvalue weighted by Crippen LogP contribution is 2.27. The molecule has 0 spiro atoms. The highest BCUT2D eigenvalue weighted by molar-refractivity contribution is 9.08. The Morgan fingerprint density at radius 1 is 1.35 bits per heavy atom. The zero-order valence-electron chi connectivity index (χ0n) is 10.1. The Labute approximate surface area is 116 Å². The summed E-state index contributed by atoms with van der Waals surface area (Å²) in [6, 6.07) is 6.26. The van der Waals surface area contributed by atoms with Crippen molar-refractivity contribution in [2.45, 2.75) is 31.4 Å². The molecule has 0 saturated carbocycles. The van der Waals surface area contributed by atoms with Crippen molar-refractivity contribution < 1.29 is 4.74 Å². The summed E-state index contributed by atoms with van der Waals surface area (Å²) in [5.74, 6) is 0. The Kier molecular flexibility index (Phi) is 4.34. The summed E-state index contributed by atoms with van der Waals surface area (Å²) in [6.45, 7) is 6.07. The molecule has 2 rings (SSSR count). The van der Waals surface area contributed by atoms with Gasteiger partial charge in [-0.1, -0.05) is 33.6 Å². The van der Waals surface area contributed by atoms with Crippen molar-refractivity contribution in [1.29, 1.82) is 0 Å². The Morgan fingerprint density at radius 3 is 2.53 bits per heavy atom. The lowest BCUT2D eigenvalue weighted by atomic mass is 10.1. The topological polar surface area (TPSA) is 12.5 Å². The molecule has 0 N–H and O–H groups in total. The van der Waals surface area contributed by atoms with Gasteiger partial charge in [0.15, 0.2) is 0 Å². The van der Waals surface area contributed by atoms with Crippen molar-refractivity contribution in [2.75, 3.05) is 18.0 Å². The van der Waals surface area contributed by atoms with Crippen LogP contribution in [-0.4, -0.2) is 25.3 Å². The number of hydrogen-bond donors (Lipinski definition) is 0. The average Bonchev–Trinajstić information content (AvgIpc) is 2.27. The molecule has 2 atom stereocenters. The zero-order chi connectivity index (χ0) is 12.4. The van der Waals surface area contributed by atoms with Gasteiger partial charge in [0.1, 0.15) is 0 Å². The van der Waals surface area contributed by atoms with E-state index in [-0.39, 0.29) is 12.2 Å². The lowest BCUT2D eigenvalue weighted by Gasteiger charge is -2.37. The molecule has 0 aromatic heterocycles. The number of alkyl halides is 1. The average molecular weight is 319 g/mol. The lowest BCUT2D eigenvalue weighted by molar-refractivity contribution is -0.00521. The quantitative estimate of drug-likeness (QED) is 0.768. The van der Waals surface area contributed by atoms with Crippen LogP contribution >= 0.6 is 27.5 Å². The number of halogens is 2. The maximum absolute atomic E-state index is 6.23. The number of hydrogen-bond acceptors (Lipinski definition) is 2. The van der Waals surface area contributed by atoms with Crippen LogP contribution in [0.1, 0.15) is 19.4 Å². The van der Waals surface area contributed by atoms with E-state index in [1.165, 1.54) is 5.69 Å². The molecular formula is C13H17BrClNO. The standard InChI is InChI=1S/C13H17BrClNO/c1-9-7-16(8-10(2)17-9)12-4-3-11(6-14)13(15)5-12/h3-5,9-10H,6-8H2,1-2H3. The summed E-state index contributed by atoms with van der Waals surface area (Å²) in [7, 11) is 0. The van der Waals surface area contributed by atoms with Gasteiger partial charge >= 0.3 is 0 Å². The van der Waals surface area contributed by atoms with Crippen LogP contribution in [0.5, 0.6) is 0 Å². The Bertz CT molecular complexity index is 389. The fraction of sp³-hybridized carbons (Fsp3) is 0.538. The number of nitrogens with zero attached hydrogens (tertiary/aromatic N) is 1. The first-order chi connectivity index (χ1) is 8.10. The molecule has 17 heavy (non-hydrogen) atoms. The fourth-order valence-corrected chi connectivity index (χ4v) is 3.12. The van der Waals surface area contributed by atoms with Gasteiger partial charge in [0.25, 0.3) is 0 Å². The zero-order valence-corrected chi connectivity index (χ0v) is 12.5. The molecule has 1 aromatic rings. The van der Waals surface area contributed by atoms with Gasteiger partial charge in [0, 0.05) is 29.1 Å². The smallest absolute Gasteiger partial charge is 0.0726 e. The molecule has 1 aliphatic rings. The first-order valence-corrected chi connectivity index (χ1v) is 7.35. The van der Waals surface area contributed by atoms with Gasteiger partial charge in [-0.25, -0.2) is 0 Å².